The highest BCUT2D eigenvalue weighted by atomic mass is 19.1. The third-order valence-electron chi connectivity index (χ3n) is 3.17. The third kappa shape index (κ3) is 5.20. The number of aryl methyl sites for hydroxylation is 2. The number of ether oxygens (including phenoxy) is 1. The first kappa shape index (κ1) is 16.0. The molecule has 0 unspecified atom stereocenters. The normalized spacial score (nSPS) is 10.3. The lowest BCUT2D eigenvalue weighted by molar-refractivity contribution is -0.120. The van der Waals surface area contributed by atoms with Crippen LogP contribution < -0.4 is 10.1 Å². The zero-order valence-corrected chi connectivity index (χ0v) is 12.9. The van der Waals surface area contributed by atoms with Gasteiger partial charge in [0.05, 0.1) is 13.0 Å². The van der Waals surface area contributed by atoms with Crippen molar-refractivity contribution in [1.82, 2.24) is 5.32 Å². The van der Waals surface area contributed by atoms with Crippen molar-refractivity contribution in [3.8, 4) is 5.75 Å². The van der Waals surface area contributed by atoms with E-state index >= 15 is 0 Å². The average molecular weight is 301 g/mol. The molecule has 0 spiro atoms. The maximum atomic E-state index is 12.8. The molecule has 0 heterocycles. The SMILES string of the molecule is Cc1cc(C)cc(OCCNC(=O)Cc2ccc(F)cc2)c1. The molecule has 22 heavy (non-hydrogen) atoms. The Labute approximate surface area is 130 Å². The van der Waals surface area contributed by atoms with Crippen LogP contribution in [0.2, 0.25) is 0 Å². The van der Waals surface area contributed by atoms with Gasteiger partial charge in [0.25, 0.3) is 0 Å². The summed E-state index contributed by atoms with van der Waals surface area (Å²) in [5, 5.41) is 2.79. The Morgan fingerprint density at radius 3 is 2.36 bits per heavy atom. The van der Waals surface area contributed by atoms with Crippen LogP contribution >= 0.6 is 0 Å². The van der Waals surface area contributed by atoms with Crippen molar-refractivity contribution in [1.29, 1.82) is 0 Å². The number of hydrogen-bond acceptors (Lipinski definition) is 2. The third-order valence-corrected chi connectivity index (χ3v) is 3.17. The highest BCUT2D eigenvalue weighted by Crippen LogP contribution is 2.15. The van der Waals surface area contributed by atoms with Crippen molar-refractivity contribution < 1.29 is 13.9 Å². The van der Waals surface area contributed by atoms with E-state index in [4.69, 9.17) is 4.74 Å². The monoisotopic (exact) mass is 301 g/mol. The number of hydrogen-bond donors (Lipinski definition) is 1. The van der Waals surface area contributed by atoms with Crippen molar-refractivity contribution in [2.75, 3.05) is 13.2 Å². The van der Waals surface area contributed by atoms with E-state index < -0.39 is 0 Å². The molecule has 4 heteroatoms. The summed E-state index contributed by atoms with van der Waals surface area (Å²) in [5.74, 6) is 0.409. The number of benzene rings is 2. The molecule has 0 saturated carbocycles. The van der Waals surface area contributed by atoms with Gasteiger partial charge in [-0.25, -0.2) is 4.39 Å². The first-order valence-corrected chi connectivity index (χ1v) is 7.25. The lowest BCUT2D eigenvalue weighted by Crippen LogP contribution is -2.29. The fourth-order valence-electron chi connectivity index (χ4n) is 2.23. The zero-order chi connectivity index (χ0) is 15.9. The van der Waals surface area contributed by atoms with Crippen molar-refractivity contribution in [3.63, 3.8) is 0 Å². The first-order chi connectivity index (χ1) is 10.5. The lowest BCUT2D eigenvalue weighted by Gasteiger charge is -2.09. The van der Waals surface area contributed by atoms with Crippen LogP contribution in [0, 0.1) is 19.7 Å². The molecule has 0 saturated heterocycles. The standard InChI is InChI=1S/C18H20FNO2/c1-13-9-14(2)11-17(10-13)22-8-7-20-18(21)12-15-3-5-16(19)6-4-15/h3-6,9-11H,7-8,12H2,1-2H3,(H,20,21). The second kappa shape index (κ2) is 7.59. The van der Waals surface area contributed by atoms with E-state index in [1.54, 1.807) is 12.1 Å². The summed E-state index contributed by atoms with van der Waals surface area (Å²) in [6.07, 6.45) is 0.240. The number of halogens is 1. The van der Waals surface area contributed by atoms with Gasteiger partial charge in [-0.15, -0.1) is 0 Å². The molecule has 0 fully saturated rings. The van der Waals surface area contributed by atoms with E-state index in [1.807, 2.05) is 26.0 Å². The minimum atomic E-state index is -0.300. The summed E-state index contributed by atoms with van der Waals surface area (Å²) in [6, 6.07) is 11.9. The number of rotatable bonds is 6. The molecule has 1 amide bonds. The molecular weight excluding hydrogens is 281 g/mol. The molecule has 2 rings (SSSR count). The van der Waals surface area contributed by atoms with Crippen molar-refractivity contribution in [3.05, 3.63) is 65.0 Å². The summed E-state index contributed by atoms with van der Waals surface area (Å²) < 4.78 is 18.4. The van der Waals surface area contributed by atoms with Crippen LogP contribution in [0.4, 0.5) is 4.39 Å². The molecule has 0 aliphatic rings. The van der Waals surface area contributed by atoms with Gasteiger partial charge < -0.3 is 10.1 Å². The molecule has 0 aliphatic heterocycles. The number of nitrogens with one attached hydrogen (secondary N) is 1. The largest absolute Gasteiger partial charge is 0.492 e. The second-order valence-electron chi connectivity index (χ2n) is 5.33. The smallest absolute Gasteiger partial charge is 0.224 e. The number of amides is 1. The van der Waals surface area contributed by atoms with E-state index in [9.17, 15) is 9.18 Å². The van der Waals surface area contributed by atoms with Gasteiger partial charge >= 0.3 is 0 Å². The molecule has 0 bridgehead atoms. The minimum absolute atomic E-state index is 0.101. The predicted octanol–water partition coefficient (Wildman–Crippen LogP) is 3.18. The second-order valence-corrected chi connectivity index (χ2v) is 5.33. The Morgan fingerprint density at radius 1 is 1.09 bits per heavy atom. The van der Waals surface area contributed by atoms with Crippen LogP contribution in [0.25, 0.3) is 0 Å². The average Bonchev–Trinajstić information content (AvgIpc) is 2.45. The Kier molecular flexibility index (Phi) is 5.53. The molecule has 116 valence electrons. The Morgan fingerprint density at radius 2 is 1.73 bits per heavy atom. The summed E-state index contributed by atoms with van der Waals surface area (Å²) in [4.78, 5) is 11.8. The lowest BCUT2D eigenvalue weighted by atomic mass is 10.1. The van der Waals surface area contributed by atoms with Crippen LogP contribution in [0.1, 0.15) is 16.7 Å². The summed E-state index contributed by atoms with van der Waals surface area (Å²) in [6.45, 7) is 4.89. The van der Waals surface area contributed by atoms with Gasteiger partial charge in [0.2, 0.25) is 5.91 Å². The van der Waals surface area contributed by atoms with Crippen LogP contribution in [-0.2, 0) is 11.2 Å². The summed E-state index contributed by atoms with van der Waals surface area (Å²) in [7, 11) is 0. The molecule has 0 radical (unpaired) electrons. The summed E-state index contributed by atoms with van der Waals surface area (Å²) in [5.41, 5.74) is 3.08. The fraction of sp³-hybridized carbons (Fsp3) is 0.278. The molecule has 0 atom stereocenters. The molecule has 2 aromatic rings. The predicted molar refractivity (Wildman–Crippen MR) is 84.5 cm³/mol. The zero-order valence-electron chi connectivity index (χ0n) is 12.9. The van der Waals surface area contributed by atoms with Crippen LogP contribution in [0.5, 0.6) is 5.75 Å². The number of carbonyl (C=O) groups is 1. The van der Waals surface area contributed by atoms with Gasteiger partial charge in [-0.3, -0.25) is 4.79 Å². The first-order valence-electron chi connectivity index (χ1n) is 7.25. The molecule has 2 aromatic carbocycles. The van der Waals surface area contributed by atoms with Gasteiger partial charge in [0, 0.05) is 0 Å². The summed E-state index contributed by atoms with van der Waals surface area (Å²) >= 11 is 0. The van der Waals surface area contributed by atoms with E-state index in [0.717, 1.165) is 22.4 Å². The molecule has 3 nitrogen and oxygen atoms in total. The van der Waals surface area contributed by atoms with Gasteiger partial charge in [-0.1, -0.05) is 18.2 Å². The van der Waals surface area contributed by atoms with Gasteiger partial charge in [0.15, 0.2) is 0 Å². The molecular formula is C18H20FNO2. The maximum Gasteiger partial charge on any atom is 0.224 e. The van der Waals surface area contributed by atoms with Crippen molar-refractivity contribution >= 4 is 5.91 Å². The van der Waals surface area contributed by atoms with Gasteiger partial charge in [-0.05, 0) is 54.8 Å². The van der Waals surface area contributed by atoms with Gasteiger partial charge in [-0.2, -0.15) is 0 Å². The van der Waals surface area contributed by atoms with Crippen LogP contribution in [-0.4, -0.2) is 19.1 Å². The highest BCUT2D eigenvalue weighted by molar-refractivity contribution is 5.78. The molecule has 0 aromatic heterocycles. The number of carbonyl (C=O) groups excluding carboxylic acids is 1. The van der Waals surface area contributed by atoms with Crippen LogP contribution in [0.15, 0.2) is 42.5 Å². The topological polar surface area (TPSA) is 38.3 Å². The minimum Gasteiger partial charge on any atom is -0.492 e. The van der Waals surface area contributed by atoms with Crippen molar-refractivity contribution in [2.24, 2.45) is 0 Å². The van der Waals surface area contributed by atoms with E-state index in [0.29, 0.717) is 13.2 Å². The maximum absolute atomic E-state index is 12.8. The quantitative estimate of drug-likeness (QED) is 0.832. The molecule has 0 aliphatic carbocycles. The van der Waals surface area contributed by atoms with Crippen LogP contribution in [0.3, 0.4) is 0 Å². The van der Waals surface area contributed by atoms with Gasteiger partial charge in [0.1, 0.15) is 18.2 Å². The van der Waals surface area contributed by atoms with E-state index in [2.05, 4.69) is 11.4 Å². The van der Waals surface area contributed by atoms with E-state index in [1.165, 1.54) is 12.1 Å². The Balaban J connectivity index is 1.71. The fourth-order valence-corrected chi connectivity index (χ4v) is 2.23. The highest BCUT2D eigenvalue weighted by Gasteiger charge is 2.03. The van der Waals surface area contributed by atoms with Crippen molar-refractivity contribution in [2.45, 2.75) is 20.3 Å². The van der Waals surface area contributed by atoms with E-state index in [-0.39, 0.29) is 18.1 Å². The Hall–Kier alpha value is -2.36. The Bertz CT molecular complexity index is 618. The molecule has 1 N–H and O–H groups in total.